The van der Waals surface area contributed by atoms with Gasteiger partial charge in [-0.3, -0.25) is 14.7 Å². The Balaban J connectivity index is 2.76. The molecule has 0 aliphatic rings. The molecule has 0 saturated heterocycles. The summed E-state index contributed by atoms with van der Waals surface area (Å²) in [7, 11) is -3.04. The van der Waals surface area contributed by atoms with Gasteiger partial charge in [0, 0.05) is 0 Å². The molecule has 0 spiro atoms. The van der Waals surface area contributed by atoms with E-state index in [0.29, 0.717) is 0 Å². The van der Waals surface area contributed by atoms with Crippen LogP contribution >= 0.6 is 30.8 Å². The first-order valence-corrected chi connectivity index (χ1v) is 8.23. The van der Waals surface area contributed by atoms with Crippen LogP contribution in [0.25, 0.3) is 0 Å². The van der Waals surface area contributed by atoms with E-state index in [9.17, 15) is 14.2 Å². The van der Waals surface area contributed by atoms with Crippen molar-refractivity contribution in [2.24, 2.45) is 0 Å². The molecule has 0 saturated carbocycles. The van der Waals surface area contributed by atoms with E-state index in [4.69, 9.17) is 37.7 Å². The number of hydrogen-bond donors (Lipinski definition) is 3. The number of halogens is 2. The van der Waals surface area contributed by atoms with Crippen LogP contribution in [0, 0.1) is 0 Å². The van der Waals surface area contributed by atoms with Gasteiger partial charge >= 0.3 is 19.5 Å². The monoisotopic (exact) mass is 371 g/mol. The average Bonchev–Trinajstić information content (AvgIpc) is 2.39. The Labute approximate surface area is 135 Å². The van der Waals surface area contributed by atoms with E-state index in [1.54, 1.807) is 0 Å². The van der Waals surface area contributed by atoms with Crippen LogP contribution in [0.4, 0.5) is 0 Å². The Morgan fingerprint density at radius 2 is 1.86 bits per heavy atom. The second kappa shape index (κ2) is 7.92. The van der Waals surface area contributed by atoms with Gasteiger partial charge in [-0.1, -0.05) is 23.2 Å². The zero-order chi connectivity index (χ0) is 16.9. The lowest BCUT2D eigenvalue weighted by Crippen LogP contribution is -2.27. The molecule has 0 aliphatic heterocycles. The summed E-state index contributed by atoms with van der Waals surface area (Å²) in [5.41, 5.74) is -0.222. The molecule has 1 aromatic carbocycles. The van der Waals surface area contributed by atoms with Gasteiger partial charge in [-0.05, 0) is 12.1 Å². The van der Waals surface area contributed by atoms with E-state index in [0.717, 1.165) is 0 Å². The summed E-state index contributed by atoms with van der Waals surface area (Å²) in [6.07, 6.45) is -0.725. The molecule has 0 unspecified atom stereocenters. The molecule has 0 amide bonds. The van der Waals surface area contributed by atoms with E-state index >= 15 is 0 Å². The Morgan fingerprint density at radius 3 is 2.41 bits per heavy atom. The van der Waals surface area contributed by atoms with Crippen LogP contribution in [0.15, 0.2) is 12.1 Å². The van der Waals surface area contributed by atoms with E-state index in [2.05, 4.69) is 10.1 Å². The first-order chi connectivity index (χ1) is 10.2. The molecular weight excluding hydrogens is 360 g/mol. The molecular formula is C11H12Cl2NO7P. The van der Waals surface area contributed by atoms with Gasteiger partial charge in [-0.15, -0.1) is 0 Å². The van der Waals surface area contributed by atoms with E-state index in [1.807, 2.05) is 0 Å². The van der Waals surface area contributed by atoms with Gasteiger partial charge < -0.3 is 19.3 Å². The third-order valence-corrected chi connectivity index (χ3v) is 3.51. The molecule has 0 fully saturated rings. The summed E-state index contributed by atoms with van der Waals surface area (Å²) >= 11 is 11.7. The zero-order valence-corrected chi connectivity index (χ0v) is 13.6. The van der Waals surface area contributed by atoms with Crippen LogP contribution in [0.1, 0.15) is 10.4 Å². The van der Waals surface area contributed by atoms with Crippen molar-refractivity contribution < 1.29 is 33.4 Å². The third-order valence-electron chi connectivity index (χ3n) is 2.26. The van der Waals surface area contributed by atoms with Crippen LogP contribution in [0.5, 0.6) is 5.75 Å². The van der Waals surface area contributed by atoms with Crippen LogP contribution < -0.4 is 10.1 Å². The molecule has 1 rings (SSSR count). The van der Waals surface area contributed by atoms with E-state index in [1.165, 1.54) is 19.2 Å². The Kier molecular flexibility index (Phi) is 6.80. The number of carbonyl (C=O) groups is 2. The number of benzene rings is 1. The number of rotatable bonds is 6. The number of esters is 2. The largest absolute Gasteiger partial charge is 0.494 e. The summed E-state index contributed by atoms with van der Waals surface area (Å²) in [4.78, 5) is 40.6. The van der Waals surface area contributed by atoms with Gasteiger partial charge in [0.05, 0.1) is 30.0 Å². The lowest BCUT2D eigenvalue weighted by Gasteiger charge is -2.11. The smallest absolute Gasteiger partial charge is 0.351 e. The Bertz CT molecular complexity index is 631. The molecule has 8 nitrogen and oxygen atoms in total. The Hall–Kier alpha value is -1.15. The summed E-state index contributed by atoms with van der Waals surface area (Å²) in [5.74, 6) is -2.18. The number of methoxy groups -OCH3 is 1. The van der Waals surface area contributed by atoms with Crippen molar-refractivity contribution in [1.82, 2.24) is 5.32 Å². The maximum atomic E-state index is 11.9. The number of carbonyl (C=O) groups excluding carboxylic acids is 2. The highest BCUT2D eigenvalue weighted by atomic mass is 35.5. The lowest BCUT2D eigenvalue weighted by molar-refractivity contribution is -0.136. The van der Waals surface area contributed by atoms with Crippen LogP contribution in [-0.4, -0.2) is 41.7 Å². The van der Waals surface area contributed by atoms with Gasteiger partial charge in [-0.2, -0.15) is 0 Å². The molecule has 0 radical (unpaired) electrons. The van der Waals surface area contributed by atoms with Gasteiger partial charge in [0.2, 0.25) is 0 Å². The molecule has 0 aliphatic carbocycles. The van der Waals surface area contributed by atoms with E-state index in [-0.39, 0.29) is 21.4 Å². The fourth-order valence-corrected chi connectivity index (χ4v) is 2.28. The lowest BCUT2D eigenvalue weighted by atomic mass is 10.2. The summed E-state index contributed by atoms with van der Waals surface area (Å²) in [6.45, 7) is -0.572. The van der Waals surface area contributed by atoms with Crippen LogP contribution in [0.2, 0.25) is 10.0 Å². The molecule has 0 atom stereocenters. The summed E-state index contributed by atoms with van der Waals surface area (Å²) < 4.78 is 20.0. The van der Waals surface area contributed by atoms with Crippen LogP contribution in [-0.2, 0) is 14.1 Å². The van der Waals surface area contributed by atoms with Crippen molar-refractivity contribution in [3.05, 3.63) is 27.7 Å². The molecule has 122 valence electrons. The summed E-state index contributed by atoms with van der Waals surface area (Å²) in [6, 6.07) is 2.74. The van der Waals surface area contributed by atoms with Gasteiger partial charge in [0.1, 0.15) is 5.56 Å². The fourth-order valence-electron chi connectivity index (χ4n) is 1.42. The number of hydrogen-bond acceptors (Lipinski definition) is 6. The predicted molar refractivity (Wildman–Crippen MR) is 78.4 cm³/mol. The van der Waals surface area contributed by atoms with E-state index < -0.39 is 32.4 Å². The molecule has 22 heavy (non-hydrogen) atoms. The number of ether oxygens (including phenoxy) is 2. The van der Waals surface area contributed by atoms with Crippen molar-refractivity contribution in [2.75, 3.05) is 19.9 Å². The molecule has 0 bridgehead atoms. The van der Waals surface area contributed by atoms with Crippen molar-refractivity contribution in [3.8, 4) is 5.75 Å². The van der Waals surface area contributed by atoms with Gasteiger partial charge in [0.15, 0.2) is 5.75 Å². The minimum Gasteiger partial charge on any atom is -0.494 e. The van der Waals surface area contributed by atoms with Crippen molar-refractivity contribution in [2.45, 2.75) is 0 Å². The third kappa shape index (κ3) is 5.57. The molecule has 1 aromatic rings. The van der Waals surface area contributed by atoms with Crippen molar-refractivity contribution in [3.63, 3.8) is 0 Å². The summed E-state index contributed by atoms with van der Waals surface area (Å²) in [5, 5.41) is 2.23. The zero-order valence-electron chi connectivity index (χ0n) is 11.2. The standard InChI is InChI=1S/C11H12Cl2NO7P/c1-20-10-7(13)3-2-6(12)9(10)11(16)21-8(15)4-14-5-22(17,18)19/h2-3,14H,4-5H2,1H3,(H2,17,18,19). The molecule has 0 aromatic heterocycles. The molecule has 11 heteroatoms. The van der Waals surface area contributed by atoms with Gasteiger partial charge in [0.25, 0.3) is 0 Å². The molecule has 3 N–H and O–H groups in total. The Morgan fingerprint density at radius 1 is 1.27 bits per heavy atom. The van der Waals surface area contributed by atoms with Crippen molar-refractivity contribution in [1.29, 1.82) is 0 Å². The van der Waals surface area contributed by atoms with Crippen LogP contribution in [0.3, 0.4) is 0 Å². The molecule has 0 heterocycles. The first kappa shape index (κ1) is 18.9. The van der Waals surface area contributed by atoms with Gasteiger partial charge in [-0.25, -0.2) is 4.79 Å². The first-order valence-electron chi connectivity index (χ1n) is 5.68. The quantitative estimate of drug-likeness (QED) is 0.389. The number of nitrogens with one attached hydrogen (secondary N) is 1. The highest BCUT2D eigenvalue weighted by molar-refractivity contribution is 7.51. The second-order valence-electron chi connectivity index (χ2n) is 3.95. The highest BCUT2D eigenvalue weighted by Gasteiger charge is 2.23. The topological polar surface area (TPSA) is 122 Å². The average molecular weight is 372 g/mol. The SMILES string of the molecule is COc1c(Cl)ccc(Cl)c1C(=O)OC(=O)CNCP(=O)(O)O. The maximum absolute atomic E-state index is 11.9. The maximum Gasteiger partial charge on any atom is 0.351 e. The minimum atomic E-state index is -4.30. The minimum absolute atomic E-state index is 0.0257. The van der Waals surface area contributed by atoms with Crippen molar-refractivity contribution >= 4 is 42.7 Å². The fraction of sp³-hybridized carbons (Fsp3) is 0.273. The highest BCUT2D eigenvalue weighted by Crippen LogP contribution is 2.34. The second-order valence-corrected chi connectivity index (χ2v) is 6.41. The normalized spacial score (nSPS) is 11.1. The predicted octanol–water partition coefficient (Wildman–Crippen LogP) is 1.41.